The van der Waals surface area contributed by atoms with Crippen LogP contribution in [0.3, 0.4) is 0 Å². The van der Waals surface area contributed by atoms with Gasteiger partial charge in [-0.1, -0.05) is 12.1 Å². The van der Waals surface area contributed by atoms with Crippen LogP contribution >= 0.6 is 0 Å². The average molecular weight is 266 g/mol. The van der Waals surface area contributed by atoms with E-state index in [1.807, 2.05) is 0 Å². The zero-order valence-electron chi connectivity index (χ0n) is 11.3. The number of anilines is 1. The summed E-state index contributed by atoms with van der Waals surface area (Å²) in [6.45, 7) is 1.76. The molecule has 2 rings (SSSR count). The molecule has 2 aromatic rings. The Morgan fingerprint density at radius 3 is 2.60 bits per heavy atom. The maximum atomic E-state index is 12.5. The molecule has 0 aromatic heterocycles. The Balaban J connectivity index is 2.41. The van der Waals surface area contributed by atoms with Gasteiger partial charge in [0.05, 0.1) is 11.3 Å². The monoisotopic (exact) mass is 266 g/mol. The van der Waals surface area contributed by atoms with E-state index >= 15 is 0 Å². The predicted octanol–water partition coefficient (Wildman–Crippen LogP) is 2.85. The fourth-order valence-electron chi connectivity index (χ4n) is 2.04. The summed E-state index contributed by atoms with van der Waals surface area (Å²) in [4.78, 5) is 13.9. The van der Waals surface area contributed by atoms with Crippen molar-refractivity contribution in [3.8, 4) is 11.8 Å². The van der Waals surface area contributed by atoms with E-state index in [1.165, 1.54) is 17.0 Å². The van der Waals surface area contributed by atoms with Crippen molar-refractivity contribution in [3.63, 3.8) is 0 Å². The van der Waals surface area contributed by atoms with Crippen LogP contribution in [0, 0.1) is 18.3 Å². The largest absolute Gasteiger partial charge is 0.508 e. The Hall–Kier alpha value is -2.80. The highest BCUT2D eigenvalue weighted by molar-refractivity contribution is 6.07. The molecular weight excluding hydrogens is 252 g/mol. The first-order valence-corrected chi connectivity index (χ1v) is 6.11. The van der Waals surface area contributed by atoms with E-state index in [1.54, 1.807) is 44.3 Å². The SMILES string of the molecule is Cc1cc(O)ccc1C(=O)N(C)c1ccccc1C#N. The molecule has 4 heteroatoms. The van der Waals surface area contributed by atoms with Gasteiger partial charge >= 0.3 is 0 Å². The van der Waals surface area contributed by atoms with Crippen molar-refractivity contribution in [2.45, 2.75) is 6.92 Å². The molecule has 20 heavy (non-hydrogen) atoms. The van der Waals surface area contributed by atoms with Gasteiger partial charge < -0.3 is 10.0 Å². The molecule has 0 atom stereocenters. The third kappa shape index (κ3) is 2.47. The number of phenolic OH excluding ortho intramolecular Hbond substituents is 1. The summed E-state index contributed by atoms with van der Waals surface area (Å²) in [6, 6.07) is 13.6. The molecule has 0 fully saturated rings. The lowest BCUT2D eigenvalue weighted by molar-refractivity contribution is 0.0992. The molecule has 100 valence electrons. The van der Waals surface area contributed by atoms with Crippen LogP contribution in [0.2, 0.25) is 0 Å². The number of nitriles is 1. The van der Waals surface area contributed by atoms with Crippen molar-refractivity contribution in [1.82, 2.24) is 0 Å². The molecule has 0 radical (unpaired) electrons. The molecule has 0 bridgehead atoms. The molecule has 0 saturated heterocycles. The molecule has 1 N–H and O–H groups in total. The number of carbonyl (C=O) groups is 1. The Morgan fingerprint density at radius 2 is 1.95 bits per heavy atom. The number of hydrogen-bond acceptors (Lipinski definition) is 3. The number of amides is 1. The minimum atomic E-state index is -0.217. The van der Waals surface area contributed by atoms with E-state index in [4.69, 9.17) is 5.26 Å². The second-order valence-corrected chi connectivity index (χ2v) is 4.49. The lowest BCUT2D eigenvalue weighted by Crippen LogP contribution is -2.27. The highest BCUT2D eigenvalue weighted by Crippen LogP contribution is 2.22. The van der Waals surface area contributed by atoms with Crippen molar-refractivity contribution in [3.05, 3.63) is 59.2 Å². The normalized spacial score (nSPS) is 9.85. The van der Waals surface area contributed by atoms with Gasteiger partial charge in [0.15, 0.2) is 0 Å². The highest BCUT2D eigenvalue weighted by Gasteiger charge is 2.17. The molecule has 0 aliphatic heterocycles. The van der Waals surface area contributed by atoms with Gasteiger partial charge in [0.2, 0.25) is 0 Å². The predicted molar refractivity (Wildman–Crippen MR) is 76.7 cm³/mol. The lowest BCUT2D eigenvalue weighted by Gasteiger charge is -2.19. The van der Waals surface area contributed by atoms with Crippen LogP contribution in [-0.2, 0) is 0 Å². The second-order valence-electron chi connectivity index (χ2n) is 4.49. The molecule has 0 unspecified atom stereocenters. The van der Waals surface area contributed by atoms with Gasteiger partial charge in [-0.25, -0.2) is 0 Å². The first-order valence-electron chi connectivity index (χ1n) is 6.11. The van der Waals surface area contributed by atoms with Crippen LogP contribution in [0.15, 0.2) is 42.5 Å². The molecule has 0 spiro atoms. The van der Waals surface area contributed by atoms with Gasteiger partial charge in [0.25, 0.3) is 5.91 Å². The smallest absolute Gasteiger partial charge is 0.258 e. The van der Waals surface area contributed by atoms with Crippen molar-refractivity contribution in [2.75, 3.05) is 11.9 Å². The van der Waals surface area contributed by atoms with Crippen LogP contribution in [0.5, 0.6) is 5.75 Å². The minimum absolute atomic E-state index is 0.124. The maximum absolute atomic E-state index is 12.5. The molecule has 2 aromatic carbocycles. The number of rotatable bonds is 2. The Kier molecular flexibility index (Phi) is 3.72. The summed E-state index contributed by atoms with van der Waals surface area (Å²) < 4.78 is 0. The van der Waals surface area contributed by atoms with E-state index in [0.717, 1.165) is 0 Å². The lowest BCUT2D eigenvalue weighted by atomic mass is 10.1. The number of aryl methyl sites for hydroxylation is 1. The first kappa shape index (κ1) is 13.6. The van der Waals surface area contributed by atoms with Gasteiger partial charge in [0.1, 0.15) is 11.8 Å². The summed E-state index contributed by atoms with van der Waals surface area (Å²) in [5.74, 6) is -0.0932. The summed E-state index contributed by atoms with van der Waals surface area (Å²) in [5, 5.41) is 18.5. The zero-order valence-corrected chi connectivity index (χ0v) is 11.3. The third-order valence-electron chi connectivity index (χ3n) is 3.13. The number of benzene rings is 2. The summed E-state index contributed by atoms with van der Waals surface area (Å²) in [6.07, 6.45) is 0. The van der Waals surface area contributed by atoms with Crippen molar-refractivity contribution < 1.29 is 9.90 Å². The topological polar surface area (TPSA) is 64.3 Å². The molecule has 4 nitrogen and oxygen atoms in total. The highest BCUT2D eigenvalue weighted by atomic mass is 16.3. The van der Waals surface area contributed by atoms with E-state index in [2.05, 4.69) is 6.07 Å². The summed E-state index contributed by atoms with van der Waals surface area (Å²) in [5.41, 5.74) is 2.20. The van der Waals surface area contributed by atoms with Gasteiger partial charge in [-0.15, -0.1) is 0 Å². The average Bonchev–Trinajstić information content (AvgIpc) is 2.45. The standard InChI is InChI=1S/C16H14N2O2/c1-11-9-13(19)7-8-14(11)16(20)18(2)15-6-4-3-5-12(15)10-17/h3-9,19H,1-2H3. The molecule has 0 aliphatic rings. The van der Waals surface area contributed by atoms with Gasteiger partial charge in [-0.2, -0.15) is 5.26 Å². The Labute approximate surface area is 117 Å². The Bertz CT molecular complexity index is 702. The van der Waals surface area contributed by atoms with Crippen LogP contribution in [0.1, 0.15) is 21.5 Å². The van der Waals surface area contributed by atoms with Crippen LogP contribution in [-0.4, -0.2) is 18.1 Å². The fourth-order valence-corrected chi connectivity index (χ4v) is 2.04. The number of carbonyl (C=O) groups excluding carboxylic acids is 1. The van der Waals surface area contributed by atoms with Crippen molar-refractivity contribution in [2.24, 2.45) is 0 Å². The quantitative estimate of drug-likeness (QED) is 0.909. The minimum Gasteiger partial charge on any atom is -0.508 e. The molecule has 0 saturated carbocycles. The zero-order chi connectivity index (χ0) is 14.7. The maximum Gasteiger partial charge on any atom is 0.258 e. The third-order valence-corrected chi connectivity index (χ3v) is 3.13. The Morgan fingerprint density at radius 1 is 1.25 bits per heavy atom. The number of phenols is 1. The van der Waals surface area contributed by atoms with E-state index in [0.29, 0.717) is 22.4 Å². The number of para-hydroxylation sites is 1. The van der Waals surface area contributed by atoms with Gasteiger partial charge in [-0.3, -0.25) is 4.79 Å². The fraction of sp³-hybridized carbons (Fsp3) is 0.125. The van der Waals surface area contributed by atoms with Crippen LogP contribution in [0.25, 0.3) is 0 Å². The van der Waals surface area contributed by atoms with E-state index < -0.39 is 0 Å². The van der Waals surface area contributed by atoms with Crippen LogP contribution in [0.4, 0.5) is 5.69 Å². The molecule has 0 heterocycles. The summed E-state index contributed by atoms with van der Waals surface area (Å²) in [7, 11) is 1.63. The van der Waals surface area contributed by atoms with E-state index in [-0.39, 0.29) is 11.7 Å². The summed E-state index contributed by atoms with van der Waals surface area (Å²) >= 11 is 0. The molecule has 0 aliphatic carbocycles. The number of nitrogens with zero attached hydrogens (tertiary/aromatic N) is 2. The van der Waals surface area contributed by atoms with Crippen molar-refractivity contribution in [1.29, 1.82) is 5.26 Å². The van der Waals surface area contributed by atoms with Crippen molar-refractivity contribution >= 4 is 11.6 Å². The number of hydrogen-bond donors (Lipinski definition) is 1. The first-order chi connectivity index (χ1) is 9.54. The van der Waals surface area contributed by atoms with Crippen LogP contribution < -0.4 is 4.90 Å². The van der Waals surface area contributed by atoms with Gasteiger partial charge in [-0.05, 0) is 42.8 Å². The molecular formula is C16H14N2O2. The second kappa shape index (κ2) is 5.45. The van der Waals surface area contributed by atoms with Gasteiger partial charge in [0, 0.05) is 12.6 Å². The number of aromatic hydroxyl groups is 1. The molecule has 1 amide bonds. The van der Waals surface area contributed by atoms with E-state index in [9.17, 15) is 9.90 Å².